The Hall–Kier alpha value is -1.46. The van der Waals surface area contributed by atoms with Gasteiger partial charge in [-0.1, -0.05) is 6.42 Å². The summed E-state index contributed by atoms with van der Waals surface area (Å²) in [6, 6.07) is 1.90. The summed E-state index contributed by atoms with van der Waals surface area (Å²) in [6.07, 6.45) is 9.82. The van der Waals surface area contributed by atoms with Crippen molar-refractivity contribution < 1.29 is 9.53 Å². The van der Waals surface area contributed by atoms with Gasteiger partial charge >= 0.3 is 0 Å². The number of aromatic nitrogens is 1. The van der Waals surface area contributed by atoms with Gasteiger partial charge in [0.05, 0.1) is 5.56 Å². The van der Waals surface area contributed by atoms with Gasteiger partial charge in [-0.2, -0.15) is 0 Å². The molecule has 5 nitrogen and oxygen atoms in total. The largest absolute Gasteiger partial charge is 0.373 e. The molecule has 130 valence electrons. The number of ether oxygens (including phenoxy) is 1. The number of likely N-dealkylation sites (tertiary alicyclic amines) is 1. The number of amides is 1. The lowest BCUT2D eigenvalue weighted by atomic mass is 9.62. The van der Waals surface area contributed by atoms with Crippen molar-refractivity contribution in [3.63, 3.8) is 0 Å². The van der Waals surface area contributed by atoms with Crippen LogP contribution in [-0.2, 0) is 10.3 Å². The van der Waals surface area contributed by atoms with Crippen LogP contribution >= 0.6 is 0 Å². The summed E-state index contributed by atoms with van der Waals surface area (Å²) >= 11 is 0. The minimum atomic E-state index is -0.424. The molecule has 1 aromatic heterocycles. The number of rotatable bonds is 5. The fraction of sp³-hybridized carbons (Fsp3) is 0.684. The topological polar surface area (TPSA) is 68.5 Å². The zero-order chi connectivity index (χ0) is 16.7. The van der Waals surface area contributed by atoms with Crippen molar-refractivity contribution in [1.29, 1.82) is 0 Å². The Labute approximate surface area is 143 Å². The molecule has 2 bridgehead atoms. The summed E-state index contributed by atoms with van der Waals surface area (Å²) in [5.74, 6) is 1.41. The molecule has 1 aromatic rings. The second-order valence-corrected chi connectivity index (χ2v) is 7.81. The van der Waals surface area contributed by atoms with Crippen molar-refractivity contribution in [2.75, 3.05) is 26.7 Å². The number of carbonyl (C=O) groups is 1. The first-order chi connectivity index (χ1) is 11.6. The molecule has 4 rings (SSSR count). The fourth-order valence-electron chi connectivity index (χ4n) is 5.05. The van der Waals surface area contributed by atoms with Crippen LogP contribution in [0.3, 0.4) is 0 Å². The molecule has 5 heteroatoms. The van der Waals surface area contributed by atoms with Gasteiger partial charge < -0.3 is 15.4 Å². The summed E-state index contributed by atoms with van der Waals surface area (Å²) in [5, 5.41) is 0. The summed E-state index contributed by atoms with van der Waals surface area (Å²) in [5.41, 5.74) is 6.65. The van der Waals surface area contributed by atoms with E-state index in [0.717, 1.165) is 24.6 Å². The summed E-state index contributed by atoms with van der Waals surface area (Å²) in [4.78, 5) is 18.5. The number of nitrogens with zero attached hydrogens (tertiary/aromatic N) is 2. The molecule has 2 aliphatic carbocycles. The van der Waals surface area contributed by atoms with Crippen molar-refractivity contribution in [2.45, 2.75) is 37.7 Å². The zero-order valence-corrected chi connectivity index (χ0v) is 14.4. The Morgan fingerprint density at radius 3 is 2.58 bits per heavy atom. The number of fused-ring (bicyclic) bond motifs is 2. The highest BCUT2D eigenvalue weighted by Gasteiger charge is 2.53. The molecule has 2 N–H and O–H groups in total. The third kappa shape index (κ3) is 2.64. The van der Waals surface area contributed by atoms with Crippen molar-refractivity contribution in [3.05, 3.63) is 29.6 Å². The van der Waals surface area contributed by atoms with E-state index in [0.29, 0.717) is 17.4 Å². The normalized spacial score (nSPS) is 33.4. The molecule has 3 atom stereocenters. The van der Waals surface area contributed by atoms with E-state index >= 15 is 0 Å². The first kappa shape index (κ1) is 16.0. The molecule has 1 saturated heterocycles. The summed E-state index contributed by atoms with van der Waals surface area (Å²) in [6.45, 7) is 3.41. The van der Waals surface area contributed by atoms with Crippen LogP contribution in [0.4, 0.5) is 0 Å². The van der Waals surface area contributed by atoms with Gasteiger partial charge in [0, 0.05) is 56.5 Å². The van der Waals surface area contributed by atoms with Gasteiger partial charge in [-0.3, -0.25) is 9.78 Å². The number of nitrogens with two attached hydrogens (primary N) is 1. The van der Waals surface area contributed by atoms with Gasteiger partial charge in [0.25, 0.3) is 0 Å². The maximum Gasteiger partial charge on any atom is 0.250 e. The highest BCUT2D eigenvalue weighted by molar-refractivity contribution is 5.92. The first-order valence-corrected chi connectivity index (χ1v) is 9.16. The van der Waals surface area contributed by atoms with Crippen LogP contribution in [0.25, 0.3) is 0 Å². The third-order valence-corrected chi connectivity index (χ3v) is 6.30. The minimum absolute atomic E-state index is 0.323. The molecule has 0 unspecified atom stereocenters. The highest BCUT2D eigenvalue weighted by Crippen LogP contribution is 2.51. The Kier molecular flexibility index (Phi) is 4.09. The van der Waals surface area contributed by atoms with Gasteiger partial charge in [0.2, 0.25) is 5.91 Å². The van der Waals surface area contributed by atoms with Crippen LogP contribution in [0.15, 0.2) is 18.5 Å². The van der Waals surface area contributed by atoms with E-state index in [4.69, 9.17) is 10.5 Å². The lowest BCUT2D eigenvalue weighted by Crippen LogP contribution is -2.59. The van der Waals surface area contributed by atoms with Gasteiger partial charge in [-0.05, 0) is 37.7 Å². The molecule has 3 fully saturated rings. The smallest absolute Gasteiger partial charge is 0.250 e. The Morgan fingerprint density at radius 2 is 2.00 bits per heavy atom. The highest BCUT2D eigenvalue weighted by atomic mass is 16.5. The maximum absolute atomic E-state index is 11.6. The molecular weight excluding hydrogens is 302 g/mol. The van der Waals surface area contributed by atoms with Crippen LogP contribution in [0.2, 0.25) is 0 Å². The zero-order valence-electron chi connectivity index (χ0n) is 14.4. The van der Waals surface area contributed by atoms with E-state index in [1.165, 1.54) is 38.6 Å². The van der Waals surface area contributed by atoms with Crippen LogP contribution in [0.5, 0.6) is 0 Å². The first-order valence-electron chi connectivity index (χ1n) is 9.16. The molecule has 1 aliphatic heterocycles. The molecule has 0 aromatic carbocycles. The summed E-state index contributed by atoms with van der Waals surface area (Å²) < 4.78 is 6.22. The monoisotopic (exact) mass is 329 g/mol. The van der Waals surface area contributed by atoms with E-state index in [9.17, 15) is 4.79 Å². The number of piperidine rings is 1. The Bertz CT molecular complexity index is 615. The van der Waals surface area contributed by atoms with E-state index in [-0.39, 0.29) is 5.60 Å². The van der Waals surface area contributed by atoms with E-state index in [2.05, 4.69) is 9.88 Å². The average Bonchev–Trinajstić information content (AvgIpc) is 3.38. The van der Waals surface area contributed by atoms with Crippen LogP contribution in [0, 0.1) is 17.8 Å². The molecular formula is C19H27N3O2. The molecule has 2 saturated carbocycles. The number of primary amides is 1. The maximum atomic E-state index is 11.6. The SMILES string of the molecule is CO[C@@]1(c2cncc(C(N)=O)c2)[C@@H]2CCC[C@H]1CN(CC1CC1)C2. The van der Waals surface area contributed by atoms with E-state index < -0.39 is 5.91 Å². The van der Waals surface area contributed by atoms with Crippen molar-refractivity contribution in [2.24, 2.45) is 23.5 Å². The fourth-order valence-corrected chi connectivity index (χ4v) is 5.05. The molecule has 2 heterocycles. The van der Waals surface area contributed by atoms with Crippen LogP contribution < -0.4 is 5.73 Å². The van der Waals surface area contributed by atoms with Gasteiger partial charge in [0.1, 0.15) is 5.60 Å². The number of methoxy groups -OCH3 is 1. The van der Waals surface area contributed by atoms with E-state index in [1.54, 1.807) is 6.20 Å². The van der Waals surface area contributed by atoms with E-state index in [1.807, 2.05) is 19.4 Å². The molecule has 1 amide bonds. The van der Waals surface area contributed by atoms with Crippen LogP contribution in [0.1, 0.15) is 48.0 Å². The quantitative estimate of drug-likeness (QED) is 0.899. The average molecular weight is 329 g/mol. The molecule has 24 heavy (non-hydrogen) atoms. The predicted octanol–water partition coefficient (Wildman–Crippen LogP) is 2.16. The second-order valence-electron chi connectivity index (χ2n) is 7.81. The number of pyridine rings is 1. The lowest BCUT2D eigenvalue weighted by Gasteiger charge is -2.55. The Balaban J connectivity index is 1.67. The number of hydrogen-bond acceptors (Lipinski definition) is 4. The van der Waals surface area contributed by atoms with Crippen molar-refractivity contribution in [1.82, 2.24) is 9.88 Å². The lowest BCUT2D eigenvalue weighted by molar-refractivity contribution is -0.169. The van der Waals surface area contributed by atoms with Gasteiger partial charge in [-0.15, -0.1) is 0 Å². The molecule has 3 aliphatic rings. The number of hydrogen-bond donors (Lipinski definition) is 1. The second kappa shape index (κ2) is 6.12. The molecule has 0 spiro atoms. The minimum Gasteiger partial charge on any atom is -0.373 e. The van der Waals surface area contributed by atoms with Crippen molar-refractivity contribution >= 4 is 5.91 Å². The Morgan fingerprint density at radius 1 is 1.29 bits per heavy atom. The summed E-state index contributed by atoms with van der Waals surface area (Å²) in [7, 11) is 1.82. The number of carbonyl (C=O) groups excluding carboxylic acids is 1. The van der Waals surface area contributed by atoms with Crippen LogP contribution in [-0.4, -0.2) is 42.5 Å². The predicted molar refractivity (Wildman–Crippen MR) is 91.4 cm³/mol. The van der Waals surface area contributed by atoms with Crippen molar-refractivity contribution in [3.8, 4) is 0 Å². The molecule has 0 radical (unpaired) electrons. The third-order valence-electron chi connectivity index (χ3n) is 6.30. The van der Waals surface area contributed by atoms with Gasteiger partial charge in [-0.25, -0.2) is 0 Å². The van der Waals surface area contributed by atoms with Gasteiger partial charge in [0.15, 0.2) is 0 Å². The standard InChI is InChI=1S/C19H27N3O2/c1-24-19(17-7-14(18(20)23)8-21-9-17)15-3-2-4-16(19)12-22(11-15)10-13-5-6-13/h7-9,13,15-16H,2-6,10-12H2,1H3,(H2,20,23)/t15-,16+,19+.